The second-order valence-electron chi connectivity index (χ2n) is 17.4. The Morgan fingerprint density at radius 3 is 2.59 bits per heavy atom. The van der Waals surface area contributed by atoms with Crippen molar-refractivity contribution in [2.45, 2.75) is 141 Å². The molecule has 6 heterocycles. The smallest absolute Gasteiger partial charge is 0.410 e. The Labute approximate surface area is 342 Å². The minimum absolute atomic E-state index is 0.00139. The maximum Gasteiger partial charge on any atom is 0.410 e. The van der Waals surface area contributed by atoms with Crippen molar-refractivity contribution in [2.75, 3.05) is 40.4 Å². The van der Waals surface area contributed by atoms with Crippen molar-refractivity contribution in [1.29, 1.82) is 5.26 Å². The average Bonchev–Trinajstić information content (AvgIpc) is 3.33. The van der Waals surface area contributed by atoms with Gasteiger partial charge in [-0.1, -0.05) is 38.9 Å². The Kier molecular flexibility index (Phi) is 13.5. The molecule has 16 nitrogen and oxygen atoms in total. The van der Waals surface area contributed by atoms with Gasteiger partial charge in [0.15, 0.2) is 18.5 Å². The topological polar surface area (TPSA) is 187 Å². The number of aliphatic imine (C=N–C) groups is 1. The molecule has 320 valence electrons. The zero-order chi connectivity index (χ0) is 42.1. The van der Waals surface area contributed by atoms with Gasteiger partial charge in [-0.25, -0.2) is 9.78 Å². The molecule has 1 aromatic heterocycles. The lowest BCUT2D eigenvalue weighted by atomic mass is 9.72. The molecule has 4 bridgehead atoms. The number of aliphatic hydroxyl groups is 1. The molecule has 0 radical (unpaired) electrons. The van der Waals surface area contributed by atoms with Gasteiger partial charge in [-0.05, 0) is 79.1 Å². The third-order valence-corrected chi connectivity index (χ3v) is 12.9. The monoisotopic (exact) mass is 810 g/mol. The molecule has 16 heteroatoms. The number of aromatic nitrogens is 1. The van der Waals surface area contributed by atoms with Gasteiger partial charge < -0.3 is 43.3 Å². The summed E-state index contributed by atoms with van der Waals surface area (Å²) < 4.78 is 39.6. The van der Waals surface area contributed by atoms with Crippen LogP contribution in [0.5, 0.6) is 0 Å². The second kappa shape index (κ2) is 17.9. The molecular formula is C42H62N6O10. The van der Waals surface area contributed by atoms with Gasteiger partial charge in [0.25, 0.3) is 0 Å². The Balaban J connectivity index is 1.45. The van der Waals surface area contributed by atoms with Crippen molar-refractivity contribution >= 4 is 23.5 Å². The number of rotatable bonds is 7. The summed E-state index contributed by atoms with van der Waals surface area (Å²) in [7, 11) is 3.85. The molecule has 1 N–H and O–H groups in total. The van der Waals surface area contributed by atoms with E-state index in [1.807, 2.05) is 59.7 Å². The second-order valence-corrected chi connectivity index (χ2v) is 17.4. The number of carbonyl (C=O) groups is 2. The standard InChI is InChI=1S/C42H62N6O10/c1-11-32-42(8)36-25(4)33(44-15-16-48(36)40(51)58-42)23(2)18-41(7)37(57-39-34(49)31(47(9)10)17-24(3)55-39)26(5)35(27(6)38(50)56-32)52-20-30(21-53-41)46-54-22-29-14-12-13-28(19-43)45-29/h12-14,23-27,31-32,34-37,39,49H,11,15-18,20-22H2,1-10H3/t23-,24+,25+,26+,27+,31-,32-,34+,35+,36-,37-,39-,41-,42-/m1/s1. The van der Waals surface area contributed by atoms with Gasteiger partial charge in [0.1, 0.15) is 29.7 Å². The molecule has 5 aliphatic heterocycles. The molecule has 0 saturated carbocycles. The summed E-state index contributed by atoms with van der Waals surface area (Å²) in [5.41, 5.74) is -0.164. The van der Waals surface area contributed by atoms with Gasteiger partial charge >= 0.3 is 12.1 Å². The predicted molar refractivity (Wildman–Crippen MR) is 212 cm³/mol. The molecule has 0 aliphatic carbocycles. The highest BCUT2D eigenvalue weighted by Crippen LogP contribution is 2.45. The number of hydrogen-bond donors (Lipinski definition) is 1. The summed E-state index contributed by atoms with van der Waals surface area (Å²) in [4.78, 5) is 46.9. The summed E-state index contributed by atoms with van der Waals surface area (Å²) >= 11 is 0. The van der Waals surface area contributed by atoms with E-state index in [4.69, 9.17) is 38.3 Å². The minimum Gasteiger partial charge on any atom is -0.458 e. The maximum absolute atomic E-state index is 14.5. The van der Waals surface area contributed by atoms with Gasteiger partial charge in [-0.2, -0.15) is 5.26 Å². The number of hydrogen-bond acceptors (Lipinski definition) is 15. The summed E-state index contributed by atoms with van der Waals surface area (Å²) in [6, 6.07) is 6.44. The normalized spacial score (nSPS) is 40.6. The van der Waals surface area contributed by atoms with Crippen LogP contribution in [0.3, 0.4) is 0 Å². The highest BCUT2D eigenvalue weighted by Gasteiger charge is 2.60. The highest BCUT2D eigenvalue weighted by molar-refractivity contribution is 5.91. The van der Waals surface area contributed by atoms with Gasteiger partial charge in [0.2, 0.25) is 0 Å². The van der Waals surface area contributed by atoms with Crippen LogP contribution < -0.4 is 0 Å². The quantitative estimate of drug-likeness (QED) is 0.307. The molecule has 4 fully saturated rings. The van der Waals surface area contributed by atoms with Crippen LogP contribution in [-0.4, -0.2) is 144 Å². The third-order valence-electron chi connectivity index (χ3n) is 12.9. The number of amides is 1. The third kappa shape index (κ3) is 8.76. The number of oxime groups is 1. The van der Waals surface area contributed by atoms with Crippen LogP contribution in [0.1, 0.15) is 86.0 Å². The fraction of sp³-hybridized carbons (Fsp3) is 0.762. The first-order valence-electron chi connectivity index (χ1n) is 20.7. The molecular weight excluding hydrogens is 748 g/mol. The van der Waals surface area contributed by atoms with Crippen LogP contribution in [-0.2, 0) is 44.7 Å². The van der Waals surface area contributed by atoms with Crippen LogP contribution in [0.2, 0.25) is 0 Å². The van der Waals surface area contributed by atoms with Crippen molar-refractivity contribution in [3.8, 4) is 6.07 Å². The fourth-order valence-electron chi connectivity index (χ4n) is 10.0. The number of cyclic esters (lactones) is 1. The van der Waals surface area contributed by atoms with Crippen molar-refractivity contribution in [1.82, 2.24) is 14.8 Å². The number of ether oxygens (including phenoxy) is 6. The van der Waals surface area contributed by atoms with Gasteiger partial charge in [0.05, 0.1) is 61.3 Å². The predicted octanol–water partition coefficient (Wildman–Crippen LogP) is 4.12. The lowest BCUT2D eigenvalue weighted by Crippen LogP contribution is -2.60. The Bertz CT molecular complexity index is 1750. The molecule has 0 aromatic carbocycles. The van der Waals surface area contributed by atoms with Crippen molar-refractivity contribution in [3.63, 3.8) is 0 Å². The number of fused-ring (bicyclic) bond motifs is 4. The summed E-state index contributed by atoms with van der Waals surface area (Å²) in [6.45, 7) is 16.3. The fourth-order valence-corrected chi connectivity index (χ4v) is 10.0. The summed E-state index contributed by atoms with van der Waals surface area (Å²) in [6.07, 6.45) is -3.62. The van der Waals surface area contributed by atoms with Crippen LogP contribution in [0, 0.1) is 35.0 Å². The van der Waals surface area contributed by atoms with Crippen molar-refractivity contribution in [2.24, 2.45) is 33.8 Å². The molecule has 58 heavy (non-hydrogen) atoms. The molecule has 0 spiro atoms. The lowest BCUT2D eigenvalue weighted by Gasteiger charge is -2.48. The largest absolute Gasteiger partial charge is 0.458 e. The van der Waals surface area contributed by atoms with Crippen molar-refractivity contribution < 1.29 is 48.0 Å². The van der Waals surface area contributed by atoms with E-state index in [1.54, 1.807) is 30.0 Å². The molecule has 1 amide bonds. The van der Waals surface area contributed by atoms with E-state index in [-0.39, 0.29) is 49.5 Å². The number of carbonyl (C=O) groups excluding carboxylic acids is 2. The molecule has 14 atom stereocenters. The Morgan fingerprint density at radius 2 is 1.88 bits per heavy atom. The molecule has 4 saturated heterocycles. The van der Waals surface area contributed by atoms with Crippen LogP contribution in [0.25, 0.3) is 0 Å². The number of likely N-dealkylation sites (N-methyl/N-ethyl adjacent to an activating group) is 1. The summed E-state index contributed by atoms with van der Waals surface area (Å²) in [5.74, 6) is -2.36. The minimum atomic E-state index is -1.15. The van der Waals surface area contributed by atoms with E-state index < -0.39 is 71.8 Å². The number of nitriles is 1. The number of nitrogens with zero attached hydrogens (tertiary/aromatic N) is 6. The molecule has 0 unspecified atom stereocenters. The number of pyridine rings is 1. The van der Waals surface area contributed by atoms with Gasteiger partial charge in [-0.3, -0.25) is 14.7 Å². The van der Waals surface area contributed by atoms with Crippen LogP contribution in [0.15, 0.2) is 28.3 Å². The van der Waals surface area contributed by atoms with Gasteiger partial charge in [-0.15, -0.1) is 0 Å². The van der Waals surface area contributed by atoms with E-state index in [0.717, 1.165) is 5.71 Å². The zero-order valence-electron chi connectivity index (χ0n) is 35.6. The van der Waals surface area contributed by atoms with Gasteiger partial charge in [0, 0.05) is 30.1 Å². The molecule has 5 aliphatic rings. The van der Waals surface area contributed by atoms with E-state index in [2.05, 4.69) is 24.0 Å². The first kappa shape index (κ1) is 43.8. The molecule has 6 rings (SSSR count). The average molecular weight is 811 g/mol. The number of esters is 1. The maximum atomic E-state index is 14.5. The summed E-state index contributed by atoms with van der Waals surface area (Å²) in [5, 5.41) is 25.5. The van der Waals surface area contributed by atoms with E-state index in [0.29, 0.717) is 43.8 Å². The van der Waals surface area contributed by atoms with E-state index in [1.165, 1.54) is 0 Å². The van der Waals surface area contributed by atoms with Crippen molar-refractivity contribution in [3.05, 3.63) is 29.6 Å². The highest BCUT2D eigenvalue weighted by atomic mass is 16.7. The first-order valence-corrected chi connectivity index (χ1v) is 20.7. The van der Waals surface area contributed by atoms with E-state index >= 15 is 0 Å². The zero-order valence-corrected chi connectivity index (χ0v) is 35.6. The lowest BCUT2D eigenvalue weighted by molar-refractivity contribution is -0.302. The van der Waals surface area contributed by atoms with Crippen LogP contribution >= 0.6 is 0 Å². The Hall–Kier alpha value is -3.72. The first-order chi connectivity index (χ1) is 27.5. The van der Waals surface area contributed by atoms with E-state index in [9.17, 15) is 20.0 Å². The SMILES string of the molecule is CC[C@H]1OC(=O)[C@@H](C)[C@H]2OCC(=NOCc3cccc(C#N)n3)CO[C@](C)(C[C@@H](C)C3=NCCN4C(=O)O[C@@]1(C)[C@H]4[C@H]3C)[C@H](O[C@H]1O[C@@H](C)C[C@@H](N(C)C)[C@@H]1O)[C@H]2C. The number of aliphatic hydroxyl groups excluding tert-OH is 1. The Morgan fingerprint density at radius 1 is 1.12 bits per heavy atom. The van der Waals surface area contributed by atoms with Crippen LogP contribution in [0.4, 0.5) is 4.79 Å². The molecule has 1 aromatic rings.